The van der Waals surface area contributed by atoms with E-state index in [2.05, 4.69) is 17.0 Å². The lowest BCUT2D eigenvalue weighted by Crippen LogP contribution is -2.36. The molecule has 2 aliphatic heterocycles. The van der Waals surface area contributed by atoms with Crippen LogP contribution in [0.25, 0.3) is 6.08 Å². The number of carbonyl (C=O) groups is 2. The molecule has 0 N–H and O–H groups in total. The van der Waals surface area contributed by atoms with Crippen molar-refractivity contribution in [3.8, 4) is 0 Å². The number of ether oxygens (including phenoxy) is 1. The Balaban J connectivity index is 1.74. The fraction of sp³-hybridized carbons (Fsp3) is 0.444. The van der Waals surface area contributed by atoms with Crippen LogP contribution in [0.2, 0.25) is 0 Å². The second-order valence-electron chi connectivity index (χ2n) is 6.00. The summed E-state index contributed by atoms with van der Waals surface area (Å²) in [6.45, 7) is 7.17. The van der Waals surface area contributed by atoms with Crippen LogP contribution in [0, 0.1) is 0 Å². The summed E-state index contributed by atoms with van der Waals surface area (Å²) in [5, 5.41) is -0.175. The highest BCUT2D eigenvalue weighted by molar-refractivity contribution is 8.18. The number of amides is 2. The molecule has 0 spiro atoms. The lowest BCUT2D eigenvalue weighted by Gasteiger charge is -2.28. The van der Waals surface area contributed by atoms with Crippen LogP contribution in [-0.2, 0) is 9.53 Å². The quantitative estimate of drug-likeness (QED) is 0.783. The number of rotatable bonds is 4. The van der Waals surface area contributed by atoms with E-state index in [1.807, 2.05) is 26.0 Å². The van der Waals surface area contributed by atoms with Gasteiger partial charge >= 0.3 is 0 Å². The Bertz CT molecular complexity index is 651. The zero-order valence-corrected chi connectivity index (χ0v) is 14.8. The van der Waals surface area contributed by atoms with Gasteiger partial charge in [-0.05, 0) is 48.9 Å². The van der Waals surface area contributed by atoms with E-state index in [4.69, 9.17) is 4.74 Å². The number of anilines is 1. The van der Waals surface area contributed by atoms with E-state index in [1.165, 1.54) is 4.90 Å². The first-order valence-electron chi connectivity index (χ1n) is 8.30. The van der Waals surface area contributed by atoms with Gasteiger partial charge in [-0.2, -0.15) is 0 Å². The number of nitrogens with zero attached hydrogens (tertiary/aromatic N) is 2. The van der Waals surface area contributed by atoms with E-state index in [9.17, 15) is 9.59 Å². The van der Waals surface area contributed by atoms with Gasteiger partial charge in [-0.15, -0.1) is 0 Å². The van der Waals surface area contributed by atoms with Crippen molar-refractivity contribution >= 4 is 34.7 Å². The Kier molecular flexibility index (Phi) is 5.26. The second kappa shape index (κ2) is 7.40. The first-order chi connectivity index (χ1) is 11.6. The molecule has 0 bridgehead atoms. The van der Waals surface area contributed by atoms with Crippen molar-refractivity contribution in [3.05, 3.63) is 34.7 Å². The zero-order chi connectivity index (χ0) is 17.1. The van der Waals surface area contributed by atoms with Gasteiger partial charge in [0.2, 0.25) is 0 Å². The molecule has 1 aromatic carbocycles. The number of hydrogen-bond acceptors (Lipinski definition) is 5. The van der Waals surface area contributed by atoms with Crippen molar-refractivity contribution in [2.24, 2.45) is 0 Å². The summed E-state index contributed by atoms with van der Waals surface area (Å²) in [5.74, 6) is -0.184. The van der Waals surface area contributed by atoms with Crippen LogP contribution in [-0.4, -0.2) is 48.4 Å². The minimum atomic E-state index is -0.184. The van der Waals surface area contributed by atoms with Crippen LogP contribution in [0.4, 0.5) is 10.5 Å². The smallest absolute Gasteiger partial charge is 0.293 e. The summed E-state index contributed by atoms with van der Waals surface area (Å²) in [5.41, 5.74) is 2.09. The van der Waals surface area contributed by atoms with E-state index in [0.717, 1.165) is 55.7 Å². The van der Waals surface area contributed by atoms with Crippen molar-refractivity contribution in [3.63, 3.8) is 0 Å². The molecule has 2 saturated heterocycles. The predicted octanol–water partition coefficient (Wildman–Crippen LogP) is 3.36. The largest absolute Gasteiger partial charge is 0.378 e. The SMILES string of the molecule is CC[C@H](C)N1C(=O)S/C(=C/c2ccc(N3CCOCC3)cc2)C1=O. The third-order valence-electron chi connectivity index (χ3n) is 4.42. The molecule has 0 saturated carbocycles. The summed E-state index contributed by atoms with van der Waals surface area (Å²) in [6.07, 6.45) is 2.57. The normalized spacial score (nSPS) is 21.7. The fourth-order valence-electron chi connectivity index (χ4n) is 2.80. The third kappa shape index (κ3) is 3.49. The number of thioether (sulfide) groups is 1. The predicted molar refractivity (Wildman–Crippen MR) is 97.0 cm³/mol. The highest BCUT2D eigenvalue weighted by Gasteiger charge is 2.37. The van der Waals surface area contributed by atoms with E-state index < -0.39 is 0 Å². The van der Waals surface area contributed by atoms with Crippen molar-refractivity contribution in [1.29, 1.82) is 0 Å². The van der Waals surface area contributed by atoms with Gasteiger partial charge in [0.05, 0.1) is 18.1 Å². The van der Waals surface area contributed by atoms with Crippen molar-refractivity contribution < 1.29 is 14.3 Å². The maximum absolute atomic E-state index is 12.4. The van der Waals surface area contributed by atoms with Gasteiger partial charge in [0, 0.05) is 24.8 Å². The summed E-state index contributed by atoms with van der Waals surface area (Å²) in [4.78, 5) is 28.6. The number of hydrogen-bond donors (Lipinski definition) is 0. The first-order valence-corrected chi connectivity index (χ1v) is 9.11. The molecule has 2 heterocycles. The number of carbonyl (C=O) groups excluding carboxylic acids is 2. The van der Waals surface area contributed by atoms with Crippen molar-refractivity contribution in [2.45, 2.75) is 26.3 Å². The molecule has 0 aromatic heterocycles. The number of imide groups is 1. The van der Waals surface area contributed by atoms with E-state index in [0.29, 0.717) is 4.91 Å². The lowest BCUT2D eigenvalue weighted by molar-refractivity contribution is -0.124. The molecule has 6 heteroatoms. The Labute approximate surface area is 146 Å². The summed E-state index contributed by atoms with van der Waals surface area (Å²) in [7, 11) is 0. The maximum atomic E-state index is 12.4. The van der Waals surface area contributed by atoms with Crippen LogP contribution in [0.5, 0.6) is 0 Å². The van der Waals surface area contributed by atoms with Crippen molar-refractivity contribution in [1.82, 2.24) is 4.90 Å². The molecule has 2 amide bonds. The monoisotopic (exact) mass is 346 g/mol. The van der Waals surface area contributed by atoms with Gasteiger partial charge in [-0.1, -0.05) is 19.1 Å². The van der Waals surface area contributed by atoms with Crippen LogP contribution < -0.4 is 4.90 Å². The van der Waals surface area contributed by atoms with Crippen molar-refractivity contribution in [2.75, 3.05) is 31.2 Å². The molecular weight excluding hydrogens is 324 g/mol. The van der Waals surface area contributed by atoms with Crippen LogP contribution in [0.15, 0.2) is 29.2 Å². The van der Waals surface area contributed by atoms with Gasteiger partial charge in [-0.25, -0.2) is 0 Å². The van der Waals surface area contributed by atoms with Gasteiger partial charge in [0.1, 0.15) is 0 Å². The van der Waals surface area contributed by atoms with Gasteiger partial charge in [0.25, 0.3) is 11.1 Å². The molecule has 24 heavy (non-hydrogen) atoms. The average Bonchev–Trinajstić information content (AvgIpc) is 2.89. The van der Waals surface area contributed by atoms with E-state index in [-0.39, 0.29) is 17.2 Å². The summed E-state index contributed by atoms with van der Waals surface area (Å²) < 4.78 is 5.37. The minimum absolute atomic E-state index is 0.0629. The molecule has 5 nitrogen and oxygen atoms in total. The summed E-state index contributed by atoms with van der Waals surface area (Å²) >= 11 is 1.02. The van der Waals surface area contributed by atoms with Gasteiger partial charge in [-0.3, -0.25) is 14.5 Å². The topological polar surface area (TPSA) is 49.9 Å². The number of morpholine rings is 1. The molecule has 1 atom stereocenters. The first kappa shape index (κ1) is 17.0. The van der Waals surface area contributed by atoms with Gasteiger partial charge < -0.3 is 9.64 Å². The Morgan fingerprint density at radius 2 is 1.88 bits per heavy atom. The molecule has 0 unspecified atom stereocenters. The summed E-state index contributed by atoms with van der Waals surface area (Å²) in [6, 6.07) is 8.02. The lowest BCUT2D eigenvalue weighted by atomic mass is 10.1. The third-order valence-corrected chi connectivity index (χ3v) is 5.31. The van der Waals surface area contributed by atoms with Gasteiger partial charge in [0.15, 0.2) is 0 Å². The second-order valence-corrected chi connectivity index (χ2v) is 6.99. The molecular formula is C18H22N2O3S. The molecule has 2 fully saturated rings. The Morgan fingerprint density at radius 1 is 1.21 bits per heavy atom. The minimum Gasteiger partial charge on any atom is -0.378 e. The number of benzene rings is 1. The van der Waals surface area contributed by atoms with Crippen LogP contribution in [0.1, 0.15) is 25.8 Å². The zero-order valence-electron chi connectivity index (χ0n) is 14.0. The Morgan fingerprint density at radius 3 is 2.50 bits per heavy atom. The molecule has 1 aromatic rings. The Hall–Kier alpha value is -1.79. The molecule has 128 valence electrons. The van der Waals surface area contributed by atoms with Crippen LogP contribution >= 0.6 is 11.8 Å². The molecule has 0 radical (unpaired) electrons. The highest BCUT2D eigenvalue weighted by Crippen LogP contribution is 2.34. The highest BCUT2D eigenvalue weighted by atomic mass is 32.2. The molecule has 0 aliphatic carbocycles. The average molecular weight is 346 g/mol. The molecule has 2 aliphatic rings. The van der Waals surface area contributed by atoms with Crippen LogP contribution in [0.3, 0.4) is 0 Å². The van der Waals surface area contributed by atoms with E-state index in [1.54, 1.807) is 6.08 Å². The standard InChI is InChI=1S/C18H22N2O3S/c1-3-13(2)20-17(21)16(24-18(20)22)12-14-4-6-15(7-5-14)19-8-10-23-11-9-19/h4-7,12-13H,3,8-11H2,1-2H3/b16-12+/t13-/m0/s1. The van der Waals surface area contributed by atoms with E-state index >= 15 is 0 Å². The molecule has 3 rings (SSSR count). The fourth-order valence-corrected chi connectivity index (χ4v) is 3.73. The maximum Gasteiger partial charge on any atom is 0.293 e.